The number of halogens is 1. The summed E-state index contributed by atoms with van der Waals surface area (Å²) in [5.41, 5.74) is 2.66. The van der Waals surface area contributed by atoms with Gasteiger partial charge in [0.25, 0.3) is 0 Å². The molecule has 0 heterocycles. The molecule has 0 bridgehead atoms. The van der Waals surface area contributed by atoms with E-state index in [4.69, 9.17) is 0 Å². The van der Waals surface area contributed by atoms with Crippen LogP contribution in [0.25, 0.3) is 0 Å². The Morgan fingerprint density at radius 2 is 1.72 bits per heavy atom. The van der Waals surface area contributed by atoms with E-state index in [9.17, 15) is 18.8 Å². The van der Waals surface area contributed by atoms with Gasteiger partial charge in [0, 0.05) is 35.3 Å². The molecule has 0 unspecified atom stereocenters. The second-order valence-corrected chi connectivity index (χ2v) is 6.27. The highest BCUT2D eigenvalue weighted by molar-refractivity contribution is 6.24. The van der Waals surface area contributed by atoms with Gasteiger partial charge < -0.3 is 5.32 Å². The minimum Gasteiger partial charge on any atom is -0.352 e. The van der Waals surface area contributed by atoms with E-state index < -0.39 is 0 Å². The molecule has 0 fully saturated rings. The van der Waals surface area contributed by atoms with Gasteiger partial charge in [0.05, 0.1) is 0 Å². The van der Waals surface area contributed by atoms with Crippen LogP contribution < -0.4 is 5.32 Å². The lowest BCUT2D eigenvalue weighted by Crippen LogP contribution is -2.23. The van der Waals surface area contributed by atoms with Crippen molar-refractivity contribution in [1.82, 2.24) is 5.32 Å². The van der Waals surface area contributed by atoms with Gasteiger partial charge >= 0.3 is 0 Å². The first kappa shape index (κ1) is 18.8. The number of Topliss-reactive ketones (excluding diaryl/α,β-unsaturated/α-hetero) is 2. The molecule has 0 atom stereocenters. The number of benzene rings is 1. The standard InChI is InChI=1S/C20H22FNO3/c1-12-13(2)20(25)17(14(3)19(12)24)8-5-9-18(23)22-11-15-6-4-7-16(21)10-15/h4,6-7,10H,5,8-9,11H2,1-3H3,(H,22,23). The van der Waals surface area contributed by atoms with Crippen molar-refractivity contribution in [2.45, 2.75) is 46.6 Å². The minimum absolute atomic E-state index is 0.0948. The van der Waals surface area contributed by atoms with Crippen molar-refractivity contribution in [2.75, 3.05) is 0 Å². The maximum Gasteiger partial charge on any atom is 0.220 e. The van der Waals surface area contributed by atoms with Crippen molar-refractivity contribution in [3.8, 4) is 0 Å². The highest BCUT2D eigenvalue weighted by Gasteiger charge is 2.27. The van der Waals surface area contributed by atoms with Crippen molar-refractivity contribution in [1.29, 1.82) is 0 Å². The number of nitrogens with one attached hydrogen (secondary N) is 1. The molecule has 0 radical (unpaired) electrons. The van der Waals surface area contributed by atoms with Gasteiger partial charge in [0.15, 0.2) is 11.6 Å². The average molecular weight is 343 g/mol. The zero-order chi connectivity index (χ0) is 18.6. The Hall–Kier alpha value is -2.56. The number of allylic oxidation sites excluding steroid dienone is 4. The summed E-state index contributed by atoms with van der Waals surface area (Å²) in [4.78, 5) is 36.3. The molecule has 1 aliphatic carbocycles. The van der Waals surface area contributed by atoms with E-state index in [1.807, 2.05) is 0 Å². The van der Waals surface area contributed by atoms with Crippen LogP contribution in [0.3, 0.4) is 0 Å². The van der Waals surface area contributed by atoms with Crippen molar-refractivity contribution < 1.29 is 18.8 Å². The van der Waals surface area contributed by atoms with Crippen LogP contribution in [0.5, 0.6) is 0 Å². The molecule has 2 rings (SSSR count). The summed E-state index contributed by atoms with van der Waals surface area (Å²) >= 11 is 0. The van der Waals surface area contributed by atoms with Crippen LogP contribution >= 0.6 is 0 Å². The SMILES string of the molecule is CC1=C(C)C(=O)C(CCCC(=O)NCc2cccc(F)c2)=C(C)C1=O. The van der Waals surface area contributed by atoms with Gasteiger partial charge in [-0.05, 0) is 51.3 Å². The fourth-order valence-corrected chi connectivity index (χ4v) is 2.82. The number of carbonyl (C=O) groups is 3. The molecule has 0 spiro atoms. The highest BCUT2D eigenvalue weighted by atomic mass is 19.1. The number of hydrogen-bond acceptors (Lipinski definition) is 3. The molecular weight excluding hydrogens is 321 g/mol. The smallest absolute Gasteiger partial charge is 0.220 e. The predicted octanol–water partition coefficient (Wildman–Crippen LogP) is 3.42. The number of rotatable bonds is 6. The Balaban J connectivity index is 1.85. The molecule has 1 aliphatic rings. The largest absolute Gasteiger partial charge is 0.352 e. The Morgan fingerprint density at radius 3 is 2.40 bits per heavy atom. The fraction of sp³-hybridized carbons (Fsp3) is 0.350. The van der Waals surface area contributed by atoms with Gasteiger partial charge in [0.2, 0.25) is 5.91 Å². The average Bonchev–Trinajstić information content (AvgIpc) is 2.59. The van der Waals surface area contributed by atoms with Gasteiger partial charge in [-0.3, -0.25) is 14.4 Å². The quantitative estimate of drug-likeness (QED) is 0.805. The van der Waals surface area contributed by atoms with E-state index >= 15 is 0 Å². The molecule has 0 aromatic heterocycles. The first-order valence-corrected chi connectivity index (χ1v) is 8.29. The highest BCUT2D eigenvalue weighted by Crippen LogP contribution is 2.27. The Kier molecular flexibility index (Phi) is 6.02. The van der Waals surface area contributed by atoms with Crippen molar-refractivity contribution >= 4 is 17.5 Å². The summed E-state index contributed by atoms with van der Waals surface area (Å²) in [6, 6.07) is 6.05. The van der Waals surface area contributed by atoms with Gasteiger partial charge in [-0.25, -0.2) is 4.39 Å². The maximum absolute atomic E-state index is 13.1. The van der Waals surface area contributed by atoms with E-state index in [0.29, 0.717) is 40.7 Å². The first-order chi connectivity index (χ1) is 11.8. The summed E-state index contributed by atoms with van der Waals surface area (Å²) in [6.07, 6.45) is 1.12. The summed E-state index contributed by atoms with van der Waals surface area (Å²) in [5, 5.41) is 2.73. The number of carbonyl (C=O) groups excluding carboxylic acids is 3. The predicted molar refractivity (Wildman–Crippen MR) is 93.2 cm³/mol. The molecular formula is C20H22FNO3. The molecule has 4 nitrogen and oxygen atoms in total. The molecule has 0 aliphatic heterocycles. The second kappa shape index (κ2) is 8.01. The van der Waals surface area contributed by atoms with E-state index in [0.717, 1.165) is 0 Å². The molecule has 5 heteroatoms. The molecule has 0 saturated heterocycles. The van der Waals surface area contributed by atoms with E-state index in [1.54, 1.807) is 32.9 Å². The van der Waals surface area contributed by atoms with Crippen LogP contribution in [0.2, 0.25) is 0 Å². The van der Waals surface area contributed by atoms with Crippen molar-refractivity contribution in [3.63, 3.8) is 0 Å². The summed E-state index contributed by atoms with van der Waals surface area (Å²) in [6.45, 7) is 5.25. The number of amides is 1. The Labute approximate surface area is 146 Å². The Bertz CT molecular complexity index is 790. The normalized spacial score (nSPS) is 15.0. The maximum atomic E-state index is 13.1. The van der Waals surface area contributed by atoms with Crippen LogP contribution in [0.1, 0.15) is 45.6 Å². The topological polar surface area (TPSA) is 63.2 Å². The third-order valence-electron chi connectivity index (χ3n) is 4.52. The molecule has 132 valence electrons. The van der Waals surface area contributed by atoms with E-state index in [-0.39, 0.29) is 36.3 Å². The van der Waals surface area contributed by atoms with Crippen LogP contribution in [0, 0.1) is 5.82 Å². The lowest BCUT2D eigenvalue weighted by molar-refractivity contribution is -0.121. The van der Waals surface area contributed by atoms with Crippen molar-refractivity contribution in [3.05, 3.63) is 57.9 Å². The molecule has 1 amide bonds. The van der Waals surface area contributed by atoms with Gasteiger partial charge in [0.1, 0.15) is 5.82 Å². The second-order valence-electron chi connectivity index (χ2n) is 6.27. The first-order valence-electron chi connectivity index (χ1n) is 8.29. The lowest BCUT2D eigenvalue weighted by atomic mass is 9.84. The van der Waals surface area contributed by atoms with Crippen LogP contribution in [-0.2, 0) is 20.9 Å². The van der Waals surface area contributed by atoms with Crippen molar-refractivity contribution in [2.24, 2.45) is 0 Å². The van der Waals surface area contributed by atoms with E-state index in [1.165, 1.54) is 12.1 Å². The monoisotopic (exact) mass is 343 g/mol. The summed E-state index contributed by atoms with van der Waals surface area (Å²) < 4.78 is 13.1. The molecule has 0 saturated carbocycles. The summed E-state index contributed by atoms with van der Waals surface area (Å²) in [7, 11) is 0. The minimum atomic E-state index is -0.339. The molecule has 1 N–H and O–H groups in total. The van der Waals surface area contributed by atoms with E-state index in [2.05, 4.69) is 5.32 Å². The van der Waals surface area contributed by atoms with Crippen LogP contribution in [0.15, 0.2) is 46.6 Å². The van der Waals surface area contributed by atoms with Crippen LogP contribution in [-0.4, -0.2) is 17.5 Å². The molecule has 25 heavy (non-hydrogen) atoms. The fourth-order valence-electron chi connectivity index (χ4n) is 2.82. The van der Waals surface area contributed by atoms with Gasteiger partial charge in [-0.2, -0.15) is 0 Å². The zero-order valence-electron chi connectivity index (χ0n) is 14.7. The van der Waals surface area contributed by atoms with Gasteiger partial charge in [-0.1, -0.05) is 12.1 Å². The Morgan fingerprint density at radius 1 is 1.04 bits per heavy atom. The van der Waals surface area contributed by atoms with Gasteiger partial charge in [-0.15, -0.1) is 0 Å². The number of ketones is 2. The van der Waals surface area contributed by atoms with Crippen LogP contribution in [0.4, 0.5) is 4.39 Å². The molecule has 1 aromatic rings. The lowest BCUT2D eigenvalue weighted by Gasteiger charge is -2.18. The summed E-state index contributed by atoms with van der Waals surface area (Å²) in [5.74, 6) is -0.702. The third kappa shape index (κ3) is 4.50. The number of hydrogen-bond donors (Lipinski definition) is 1. The zero-order valence-corrected chi connectivity index (χ0v) is 14.7. The third-order valence-corrected chi connectivity index (χ3v) is 4.52. The molecule has 1 aromatic carbocycles.